The van der Waals surface area contributed by atoms with Crippen molar-refractivity contribution < 1.29 is 9.59 Å². The minimum atomic E-state index is -0.653. The average Bonchev–Trinajstić information content (AvgIpc) is 2.29. The molecular formula is C12H23N3O2. The van der Waals surface area contributed by atoms with Gasteiger partial charge in [0.1, 0.15) is 6.04 Å². The quantitative estimate of drug-likeness (QED) is 0.644. The first-order valence-corrected chi connectivity index (χ1v) is 6.36. The van der Waals surface area contributed by atoms with Crippen LogP contribution in [0, 0.1) is 5.92 Å². The molecule has 5 heteroatoms. The van der Waals surface area contributed by atoms with Crippen molar-refractivity contribution >= 4 is 11.8 Å². The van der Waals surface area contributed by atoms with Gasteiger partial charge in [-0.25, -0.2) is 0 Å². The molecule has 0 spiro atoms. The Morgan fingerprint density at radius 2 is 1.88 bits per heavy atom. The third-order valence-electron chi connectivity index (χ3n) is 3.43. The third-order valence-corrected chi connectivity index (χ3v) is 3.43. The van der Waals surface area contributed by atoms with E-state index in [2.05, 4.69) is 5.32 Å². The van der Waals surface area contributed by atoms with Crippen molar-refractivity contribution in [2.45, 2.75) is 57.5 Å². The van der Waals surface area contributed by atoms with E-state index in [1.165, 1.54) is 19.3 Å². The van der Waals surface area contributed by atoms with E-state index in [1.807, 2.05) is 0 Å². The van der Waals surface area contributed by atoms with Gasteiger partial charge in [0.15, 0.2) is 0 Å². The maximum Gasteiger partial charge on any atom is 0.239 e. The molecule has 98 valence electrons. The second-order valence-electron chi connectivity index (χ2n) is 4.98. The van der Waals surface area contributed by atoms with Crippen LogP contribution >= 0.6 is 0 Å². The Balaban J connectivity index is 2.33. The van der Waals surface area contributed by atoms with Crippen molar-refractivity contribution in [2.75, 3.05) is 0 Å². The van der Waals surface area contributed by atoms with Gasteiger partial charge >= 0.3 is 0 Å². The van der Waals surface area contributed by atoms with E-state index in [1.54, 1.807) is 6.92 Å². The van der Waals surface area contributed by atoms with E-state index < -0.39 is 18.0 Å². The topological polar surface area (TPSA) is 98.2 Å². The number of rotatable bonds is 5. The second-order valence-corrected chi connectivity index (χ2v) is 4.98. The highest BCUT2D eigenvalue weighted by Crippen LogP contribution is 2.26. The van der Waals surface area contributed by atoms with Gasteiger partial charge in [0, 0.05) is 0 Å². The summed E-state index contributed by atoms with van der Waals surface area (Å²) in [7, 11) is 0. The van der Waals surface area contributed by atoms with Gasteiger partial charge in [-0.3, -0.25) is 9.59 Å². The lowest BCUT2D eigenvalue weighted by molar-refractivity contribution is -0.128. The Bertz CT molecular complexity index is 275. The van der Waals surface area contributed by atoms with Crippen LogP contribution in [0.2, 0.25) is 0 Å². The number of hydrogen-bond acceptors (Lipinski definition) is 3. The maximum absolute atomic E-state index is 11.7. The van der Waals surface area contributed by atoms with Gasteiger partial charge in [0.25, 0.3) is 0 Å². The highest BCUT2D eigenvalue weighted by molar-refractivity contribution is 5.88. The Kier molecular flexibility index (Phi) is 5.41. The summed E-state index contributed by atoms with van der Waals surface area (Å²) in [5.74, 6) is -0.265. The molecule has 0 heterocycles. The number of carbonyl (C=O) groups excluding carboxylic acids is 2. The minimum Gasteiger partial charge on any atom is -0.368 e. The molecule has 1 aliphatic rings. The van der Waals surface area contributed by atoms with E-state index in [9.17, 15) is 9.59 Å². The number of primary amides is 1. The standard InChI is InChI=1S/C12H23N3O2/c1-8(11(14)16)15-12(17)10(13)7-9-5-3-2-4-6-9/h8-10H,2-7,13H2,1H3,(H2,14,16)(H,15,17)/t8-,10?/m0/s1. The van der Waals surface area contributed by atoms with Crippen LogP contribution in [0.5, 0.6) is 0 Å². The molecule has 1 aliphatic carbocycles. The van der Waals surface area contributed by atoms with Gasteiger partial charge in [-0.2, -0.15) is 0 Å². The lowest BCUT2D eigenvalue weighted by atomic mass is 9.85. The summed E-state index contributed by atoms with van der Waals surface area (Å²) in [5.41, 5.74) is 10.9. The fourth-order valence-electron chi connectivity index (χ4n) is 2.28. The van der Waals surface area contributed by atoms with Crippen molar-refractivity contribution in [2.24, 2.45) is 17.4 Å². The van der Waals surface area contributed by atoms with Crippen molar-refractivity contribution in [3.63, 3.8) is 0 Å². The molecule has 5 nitrogen and oxygen atoms in total. The average molecular weight is 241 g/mol. The maximum atomic E-state index is 11.7. The molecular weight excluding hydrogens is 218 g/mol. The highest BCUT2D eigenvalue weighted by atomic mass is 16.2. The summed E-state index contributed by atoms with van der Waals surface area (Å²) in [6, 6.07) is -1.18. The molecule has 2 atom stereocenters. The van der Waals surface area contributed by atoms with Crippen LogP contribution in [0.25, 0.3) is 0 Å². The first kappa shape index (κ1) is 14.0. The molecule has 0 aromatic carbocycles. The zero-order chi connectivity index (χ0) is 12.8. The van der Waals surface area contributed by atoms with E-state index in [-0.39, 0.29) is 5.91 Å². The predicted molar refractivity (Wildman–Crippen MR) is 66.0 cm³/mol. The van der Waals surface area contributed by atoms with Crippen molar-refractivity contribution in [1.29, 1.82) is 0 Å². The minimum absolute atomic E-state index is 0.276. The van der Waals surface area contributed by atoms with E-state index in [4.69, 9.17) is 11.5 Å². The van der Waals surface area contributed by atoms with Crippen molar-refractivity contribution in [3.05, 3.63) is 0 Å². The molecule has 0 aromatic rings. The molecule has 1 fully saturated rings. The molecule has 0 aliphatic heterocycles. The predicted octanol–water partition coefficient (Wildman–Crippen LogP) is 0.274. The lowest BCUT2D eigenvalue weighted by Crippen LogP contribution is -2.49. The Morgan fingerprint density at radius 3 is 2.41 bits per heavy atom. The molecule has 1 rings (SSSR count). The Labute approximate surface area is 102 Å². The fraction of sp³-hybridized carbons (Fsp3) is 0.833. The summed E-state index contributed by atoms with van der Waals surface area (Å²) >= 11 is 0. The highest BCUT2D eigenvalue weighted by Gasteiger charge is 2.23. The molecule has 17 heavy (non-hydrogen) atoms. The van der Waals surface area contributed by atoms with Crippen LogP contribution in [0.4, 0.5) is 0 Å². The van der Waals surface area contributed by atoms with E-state index >= 15 is 0 Å². The first-order chi connectivity index (χ1) is 8.00. The normalized spacial score (nSPS) is 20.6. The number of nitrogens with one attached hydrogen (secondary N) is 1. The lowest BCUT2D eigenvalue weighted by Gasteiger charge is -2.24. The second kappa shape index (κ2) is 6.59. The molecule has 0 saturated heterocycles. The number of nitrogens with two attached hydrogens (primary N) is 2. The molecule has 2 amide bonds. The first-order valence-electron chi connectivity index (χ1n) is 6.36. The largest absolute Gasteiger partial charge is 0.368 e. The SMILES string of the molecule is C[C@H](NC(=O)C(N)CC1CCCCC1)C(N)=O. The molecule has 0 bridgehead atoms. The smallest absolute Gasteiger partial charge is 0.239 e. The van der Waals surface area contributed by atoms with Crippen LogP contribution < -0.4 is 16.8 Å². The zero-order valence-corrected chi connectivity index (χ0v) is 10.4. The van der Waals surface area contributed by atoms with Gasteiger partial charge < -0.3 is 16.8 Å². The molecule has 1 saturated carbocycles. The molecule has 5 N–H and O–H groups in total. The monoisotopic (exact) mass is 241 g/mol. The summed E-state index contributed by atoms with van der Waals surface area (Å²) in [5, 5.41) is 2.53. The summed E-state index contributed by atoms with van der Waals surface area (Å²) in [6.45, 7) is 1.56. The van der Waals surface area contributed by atoms with Gasteiger partial charge in [-0.15, -0.1) is 0 Å². The van der Waals surface area contributed by atoms with Gasteiger partial charge in [0.05, 0.1) is 6.04 Å². The Morgan fingerprint density at radius 1 is 1.29 bits per heavy atom. The van der Waals surface area contributed by atoms with Crippen LogP contribution in [0.15, 0.2) is 0 Å². The van der Waals surface area contributed by atoms with Crippen LogP contribution in [0.3, 0.4) is 0 Å². The molecule has 0 aromatic heterocycles. The summed E-state index contributed by atoms with van der Waals surface area (Å²) in [6.07, 6.45) is 6.78. The van der Waals surface area contributed by atoms with Crippen molar-refractivity contribution in [1.82, 2.24) is 5.32 Å². The van der Waals surface area contributed by atoms with E-state index in [0.29, 0.717) is 12.3 Å². The fourth-order valence-corrected chi connectivity index (χ4v) is 2.28. The summed E-state index contributed by atoms with van der Waals surface area (Å²) < 4.78 is 0. The third kappa shape index (κ3) is 4.73. The number of carbonyl (C=O) groups is 2. The number of hydrogen-bond donors (Lipinski definition) is 3. The van der Waals surface area contributed by atoms with Gasteiger partial charge in [0.2, 0.25) is 11.8 Å². The summed E-state index contributed by atoms with van der Waals surface area (Å²) in [4.78, 5) is 22.5. The van der Waals surface area contributed by atoms with E-state index in [0.717, 1.165) is 12.8 Å². The van der Waals surface area contributed by atoms with Gasteiger partial charge in [-0.1, -0.05) is 32.1 Å². The number of amides is 2. The molecule has 1 unspecified atom stereocenters. The van der Waals surface area contributed by atoms with Crippen LogP contribution in [-0.2, 0) is 9.59 Å². The Hall–Kier alpha value is -1.10. The van der Waals surface area contributed by atoms with Crippen LogP contribution in [0.1, 0.15) is 45.4 Å². The molecule has 0 radical (unpaired) electrons. The van der Waals surface area contributed by atoms with Crippen molar-refractivity contribution in [3.8, 4) is 0 Å². The zero-order valence-electron chi connectivity index (χ0n) is 10.4. The van der Waals surface area contributed by atoms with Gasteiger partial charge in [-0.05, 0) is 19.3 Å². The van der Waals surface area contributed by atoms with Crippen LogP contribution in [-0.4, -0.2) is 23.9 Å².